The van der Waals surface area contributed by atoms with Gasteiger partial charge in [-0.1, -0.05) is 0 Å². The molecule has 0 saturated carbocycles. The van der Waals surface area contributed by atoms with Crippen LogP contribution in [0.25, 0.3) is 0 Å². The monoisotopic (exact) mass is 420 g/mol. The molecule has 0 aliphatic carbocycles. The van der Waals surface area contributed by atoms with Gasteiger partial charge in [-0.25, -0.2) is 4.79 Å². The number of hydrogen-bond acceptors (Lipinski definition) is 5. The first-order valence-electron chi connectivity index (χ1n) is 9.39. The number of likely N-dealkylation sites (tertiary alicyclic amines) is 1. The molecule has 164 valence electrons. The van der Waals surface area contributed by atoms with Crippen LogP contribution >= 0.6 is 0 Å². The summed E-state index contributed by atoms with van der Waals surface area (Å²) in [7, 11) is 3.59. The van der Waals surface area contributed by atoms with E-state index in [1.165, 1.54) is 0 Å². The summed E-state index contributed by atoms with van der Waals surface area (Å²) >= 11 is 0. The van der Waals surface area contributed by atoms with Crippen molar-refractivity contribution in [2.24, 2.45) is 0 Å². The van der Waals surface area contributed by atoms with E-state index in [1.807, 2.05) is 13.0 Å². The number of carboxylic acid groups (broad SMARTS) is 1. The molecule has 2 aliphatic heterocycles. The van der Waals surface area contributed by atoms with Crippen LogP contribution in [0.5, 0.6) is 0 Å². The van der Waals surface area contributed by atoms with Gasteiger partial charge in [0.2, 0.25) is 0 Å². The molecule has 29 heavy (non-hydrogen) atoms. The zero-order valence-electron chi connectivity index (χ0n) is 16.8. The van der Waals surface area contributed by atoms with Gasteiger partial charge in [0.05, 0.1) is 12.1 Å². The molecule has 1 spiro atoms. The fraction of sp³-hybridized carbons (Fsp3) is 0.684. The second kappa shape index (κ2) is 9.17. The summed E-state index contributed by atoms with van der Waals surface area (Å²) in [6.45, 7) is 4.85. The predicted molar refractivity (Wildman–Crippen MR) is 97.2 cm³/mol. The van der Waals surface area contributed by atoms with Crippen molar-refractivity contribution >= 4 is 11.9 Å². The van der Waals surface area contributed by atoms with Gasteiger partial charge < -0.3 is 19.2 Å². The maximum atomic E-state index is 12.1. The molecule has 1 atom stereocenters. The molecular formula is C19H27F3N2O5. The van der Waals surface area contributed by atoms with E-state index in [1.54, 1.807) is 19.0 Å². The van der Waals surface area contributed by atoms with Gasteiger partial charge in [0, 0.05) is 27.2 Å². The van der Waals surface area contributed by atoms with E-state index in [4.69, 9.17) is 19.1 Å². The number of furan rings is 1. The lowest BCUT2D eigenvalue weighted by atomic mass is 9.88. The summed E-state index contributed by atoms with van der Waals surface area (Å²) in [6, 6.07) is 4.07. The van der Waals surface area contributed by atoms with Crippen LogP contribution in [0.2, 0.25) is 0 Å². The van der Waals surface area contributed by atoms with Gasteiger partial charge in [0.25, 0.3) is 5.91 Å². The van der Waals surface area contributed by atoms with E-state index in [0.29, 0.717) is 0 Å². The minimum atomic E-state index is -5.08. The molecule has 2 fully saturated rings. The van der Waals surface area contributed by atoms with E-state index in [-0.39, 0.29) is 17.6 Å². The third-order valence-electron chi connectivity index (χ3n) is 5.16. The number of carboxylic acids is 1. The zero-order chi connectivity index (χ0) is 21.8. The minimum Gasteiger partial charge on any atom is -0.475 e. The third-order valence-corrected chi connectivity index (χ3v) is 5.16. The topological polar surface area (TPSA) is 83.2 Å². The molecule has 0 aromatic carbocycles. The van der Waals surface area contributed by atoms with Gasteiger partial charge in [-0.15, -0.1) is 0 Å². The normalized spacial score (nSPS) is 21.5. The van der Waals surface area contributed by atoms with Crippen molar-refractivity contribution in [3.63, 3.8) is 0 Å². The smallest absolute Gasteiger partial charge is 0.475 e. The van der Waals surface area contributed by atoms with Gasteiger partial charge in [-0.2, -0.15) is 13.2 Å². The number of halogens is 3. The Hall–Kier alpha value is -2.07. The summed E-state index contributed by atoms with van der Waals surface area (Å²) in [5.74, 6) is -0.660. The number of piperidine rings is 1. The highest BCUT2D eigenvalue weighted by Gasteiger charge is 2.45. The van der Waals surface area contributed by atoms with Crippen molar-refractivity contribution in [3.05, 3.63) is 23.7 Å². The van der Waals surface area contributed by atoms with Gasteiger partial charge in [0.15, 0.2) is 0 Å². The molecule has 2 saturated heterocycles. The molecule has 1 amide bonds. The molecule has 1 aromatic rings. The van der Waals surface area contributed by atoms with Crippen molar-refractivity contribution in [1.29, 1.82) is 0 Å². The van der Waals surface area contributed by atoms with Crippen LogP contribution in [0.1, 0.15) is 37.2 Å². The number of ether oxygens (including phenoxy) is 1. The lowest BCUT2D eigenvalue weighted by molar-refractivity contribution is -0.192. The zero-order valence-corrected chi connectivity index (χ0v) is 16.8. The lowest BCUT2D eigenvalue weighted by Gasteiger charge is -2.38. The Labute approximate surface area is 167 Å². The highest BCUT2D eigenvalue weighted by Crippen LogP contribution is 2.39. The number of rotatable bonds is 3. The molecule has 7 nitrogen and oxygen atoms in total. The van der Waals surface area contributed by atoms with Crippen molar-refractivity contribution in [2.75, 3.05) is 27.2 Å². The number of likely N-dealkylation sites (N-methyl/N-ethyl adjacent to an activating group) is 1. The van der Waals surface area contributed by atoms with Crippen molar-refractivity contribution < 1.29 is 37.0 Å². The van der Waals surface area contributed by atoms with Crippen LogP contribution in [0.15, 0.2) is 16.5 Å². The molecule has 1 aromatic heterocycles. The Kier molecular flexibility index (Phi) is 7.34. The highest BCUT2D eigenvalue weighted by atomic mass is 19.4. The first-order chi connectivity index (χ1) is 13.4. The SMILES string of the molecule is Cc1ccc(CN2CCC3(CCC(C(=O)N(C)C)O3)CC2)o1.O=C(O)C(F)(F)F. The van der Waals surface area contributed by atoms with E-state index in [9.17, 15) is 18.0 Å². The summed E-state index contributed by atoms with van der Waals surface area (Å²) in [5, 5.41) is 7.12. The largest absolute Gasteiger partial charge is 0.490 e. The molecule has 0 bridgehead atoms. The highest BCUT2D eigenvalue weighted by molar-refractivity contribution is 5.80. The average Bonchev–Trinajstić information content (AvgIpc) is 3.23. The first-order valence-corrected chi connectivity index (χ1v) is 9.39. The Morgan fingerprint density at radius 1 is 1.24 bits per heavy atom. The Balaban J connectivity index is 0.000000370. The predicted octanol–water partition coefficient (Wildman–Crippen LogP) is 2.82. The fourth-order valence-electron chi connectivity index (χ4n) is 3.55. The molecule has 3 heterocycles. The molecule has 1 unspecified atom stereocenters. The van der Waals surface area contributed by atoms with Gasteiger partial charge in [-0.3, -0.25) is 9.69 Å². The van der Waals surface area contributed by atoms with Crippen LogP contribution in [-0.2, 0) is 20.9 Å². The fourth-order valence-corrected chi connectivity index (χ4v) is 3.55. The molecular weight excluding hydrogens is 393 g/mol. The number of aliphatic carboxylic acids is 1. The molecule has 0 radical (unpaired) electrons. The summed E-state index contributed by atoms with van der Waals surface area (Å²) < 4.78 is 43.6. The number of nitrogens with zero attached hydrogens (tertiary/aromatic N) is 2. The maximum Gasteiger partial charge on any atom is 0.490 e. The van der Waals surface area contributed by atoms with Crippen molar-refractivity contribution in [3.8, 4) is 0 Å². The van der Waals surface area contributed by atoms with E-state index in [0.717, 1.165) is 56.8 Å². The van der Waals surface area contributed by atoms with Crippen LogP contribution in [0, 0.1) is 6.92 Å². The Morgan fingerprint density at radius 3 is 2.28 bits per heavy atom. The molecule has 3 rings (SSSR count). The Morgan fingerprint density at radius 2 is 1.83 bits per heavy atom. The third kappa shape index (κ3) is 6.46. The number of aryl methyl sites for hydroxylation is 1. The van der Waals surface area contributed by atoms with E-state index < -0.39 is 12.1 Å². The van der Waals surface area contributed by atoms with E-state index >= 15 is 0 Å². The van der Waals surface area contributed by atoms with Gasteiger partial charge >= 0.3 is 12.1 Å². The van der Waals surface area contributed by atoms with Gasteiger partial charge in [0.1, 0.15) is 17.6 Å². The first kappa shape index (κ1) is 23.2. The molecule has 10 heteroatoms. The number of carbonyl (C=O) groups excluding carboxylic acids is 1. The van der Waals surface area contributed by atoms with Crippen LogP contribution in [0.3, 0.4) is 0 Å². The second-order valence-electron chi connectivity index (χ2n) is 7.65. The standard InChI is InChI=1S/C17H26N2O3.C2HF3O2/c1-13-4-5-14(21-13)12-19-10-8-17(9-11-19)7-6-15(22-17)16(20)18(2)3;3-2(4,5)1(6)7/h4-5,15H,6-12H2,1-3H3;(H,6,7). The average molecular weight is 420 g/mol. The van der Waals surface area contributed by atoms with Gasteiger partial charge in [-0.05, 0) is 44.7 Å². The number of carbonyl (C=O) groups is 2. The minimum absolute atomic E-state index is 0.0775. The molecule has 2 aliphatic rings. The van der Waals surface area contributed by atoms with Crippen LogP contribution in [-0.4, -0.2) is 71.8 Å². The van der Waals surface area contributed by atoms with Crippen LogP contribution in [0.4, 0.5) is 13.2 Å². The lowest BCUT2D eigenvalue weighted by Crippen LogP contribution is -2.45. The number of alkyl halides is 3. The quantitative estimate of drug-likeness (QED) is 0.810. The summed E-state index contributed by atoms with van der Waals surface area (Å²) in [5.41, 5.74) is -0.0775. The molecule has 1 N–H and O–H groups in total. The Bertz CT molecular complexity index is 709. The van der Waals surface area contributed by atoms with Crippen molar-refractivity contribution in [2.45, 2.75) is 57.0 Å². The number of hydrogen-bond donors (Lipinski definition) is 1. The van der Waals surface area contributed by atoms with Crippen molar-refractivity contribution in [1.82, 2.24) is 9.80 Å². The summed E-state index contributed by atoms with van der Waals surface area (Å²) in [4.78, 5) is 25.0. The second-order valence-corrected chi connectivity index (χ2v) is 7.65. The number of amides is 1. The van der Waals surface area contributed by atoms with E-state index in [2.05, 4.69) is 11.0 Å². The summed E-state index contributed by atoms with van der Waals surface area (Å²) in [6.07, 6.45) is -1.46. The maximum absolute atomic E-state index is 12.1. The van der Waals surface area contributed by atoms with Crippen LogP contribution < -0.4 is 0 Å².